The van der Waals surface area contributed by atoms with E-state index < -0.39 is 12.6 Å². The third-order valence-corrected chi connectivity index (χ3v) is 1.51. The fourth-order valence-electron chi connectivity index (χ4n) is 0.850. The van der Waals surface area contributed by atoms with Crippen molar-refractivity contribution in [3.8, 4) is 0 Å². The Balaban J connectivity index is 2.86. The molecule has 1 unspecified atom stereocenters. The van der Waals surface area contributed by atoms with Crippen LogP contribution in [0.15, 0.2) is 24.3 Å². The molecule has 1 radical (unpaired) electrons. The Hall–Kier alpha value is -0.920. The Morgan fingerprint density at radius 2 is 2.18 bits per heavy atom. The van der Waals surface area contributed by atoms with E-state index in [1.807, 2.05) is 0 Å². The highest BCUT2D eigenvalue weighted by Crippen LogP contribution is 2.15. The lowest BCUT2D eigenvalue weighted by molar-refractivity contribution is 0.464. The summed E-state index contributed by atoms with van der Waals surface area (Å²) in [6.07, 6.45) is 0. The molecule has 0 aliphatic heterocycles. The van der Waals surface area contributed by atoms with Gasteiger partial charge in [0, 0.05) is 5.92 Å². The molecule has 59 valence electrons. The fourth-order valence-corrected chi connectivity index (χ4v) is 0.850. The van der Waals surface area contributed by atoms with Crippen molar-refractivity contribution in [3.63, 3.8) is 0 Å². The molecule has 0 aliphatic carbocycles. The molecule has 0 aliphatic rings. The Morgan fingerprint density at radius 3 is 2.73 bits per heavy atom. The standard InChI is InChI=1S/C9H9F2/c1-7(6-10)8-3-2-4-9(11)5-8/h2-5,7H,1,6H2. The minimum atomic E-state index is -0.552. The molecule has 0 heterocycles. The van der Waals surface area contributed by atoms with Crippen LogP contribution in [0, 0.1) is 12.7 Å². The first-order valence-corrected chi connectivity index (χ1v) is 3.38. The van der Waals surface area contributed by atoms with Gasteiger partial charge in [-0.15, -0.1) is 0 Å². The molecule has 0 aromatic heterocycles. The van der Waals surface area contributed by atoms with Gasteiger partial charge in [0.05, 0.1) is 6.67 Å². The molecule has 1 aromatic rings. The van der Waals surface area contributed by atoms with Crippen molar-refractivity contribution in [2.24, 2.45) is 0 Å². The molecular weight excluding hydrogens is 146 g/mol. The highest BCUT2D eigenvalue weighted by Gasteiger charge is 2.04. The van der Waals surface area contributed by atoms with E-state index >= 15 is 0 Å². The van der Waals surface area contributed by atoms with Gasteiger partial charge in [0.1, 0.15) is 5.82 Å². The van der Waals surface area contributed by atoms with Crippen LogP contribution in [0.5, 0.6) is 0 Å². The highest BCUT2D eigenvalue weighted by atomic mass is 19.1. The van der Waals surface area contributed by atoms with E-state index in [0.29, 0.717) is 5.56 Å². The third-order valence-electron chi connectivity index (χ3n) is 1.51. The van der Waals surface area contributed by atoms with Crippen LogP contribution < -0.4 is 0 Å². The number of halogens is 2. The quantitative estimate of drug-likeness (QED) is 0.616. The van der Waals surface area contributed by atoms with Gasteiger partial charge >= 0.3 is 0 Å². The molecule has 0 fully saturated rings. The lowest BCUT2D eigenvalue weighted by Crippen LogP contribution is -1.95. The molecule has 0 bridgehead atoms. The van der Waals surface area contributed by atoms with Crippen LogP contribution in [-0.2, 0) is 0 Å². The molecule has 1 rings (SSSR count). The van der Waals surface area contributed by atoms with Gasteiger partial charge in [0.15, 0.2) is 0 Å². The van der Waals surface area contributed by atoms with Crippen LogP contribution in [0.4, 0.5) is 8.78 Å². The fraction of sp³-hybridized carbons (Fsp3) is 0.222. The van der Waals surface area contributed by atoms with Crippen LogP contribution in [0.25, 0.3) is 0 Å². The molecule has 1 atom stereocenters. The third kappa shape index (κ3) is 2.00. The smallest absolute Gasteiger partial charge is 0.123 e. The van der Waals surface area contributed by atoms with E-state index in [9.17, 15) is 8.78 Å². The van der Waals surface area contributed by atoms with Crippen molar-refractivity contribution in [3.05, 3.63) is 42.6 Å². The zero-order valence-electron chi connectivity index (χ0n) is 6.06. The predicted molar refractivity (Wildman–Crippen MR) is 40.5 cm³/mol. The van der Waals surface area contributed by atoms with Crippen molar-refractivity contribution in [1.82, 2.24) is 0 Å². The summed E-state index contributed by atoms with van der Waals surface area (Å²) < 4.78 is 24.5. The van der Waals surface area contributed by atoms with Crippen molar-refractivity contribution >= 4 is 0 Å². The van der Waals surface area contributed by atoms with Crippen LogP contribution in [0.2, 0.25) is 0 Å². The first-order valence-electron chi connectivity index (χ1n) is 3.38. The van der Waals surface area contributed by atoms with Crippen molar-refractivity contribution in [2.75, 3.05) is 6.67 Å². The maximum atomic E-state index is 12.5. The van der Waals surface area contributed by atoms with Crippen molar-refractivity contribution in [2.45, 2.75) is 5.92 Å². The van der Waals surface area contributed by atoms with Gasteiger partial charge in [-0.05, 0) is 24.6 Å². The van der Waals surface area contributed by atoms with Gasteiger partial charge in [0.2, 0.25) is 0 Å². The maximum Gasteiger partial charge on any atom is 0.123 e. The summed E-state index contributed by atoms with van der Waals surface area (Å²) in [5.74, 6) is -0.796. The maximum absolute atomic E-state index is 12.5. The summed E-state index contributed by atoms with van der Waals surface area (Å²) >= 11 is 0. The average Bonchev–Trinajstić information content (AvgIpc) is 2.03. The van der Waals surface area contributed by atoms with E-state index in [2.05, 4.69) is 6.92 Å². The predicted octanol–water partition coefficient (Wildman–Crippen LogP) is 2.71. The van der Waals surface area contributed by atoms with E-state index in [4.69, 9.17) is 0 Å². The van der Waals surface area contributed by atoms with Crippen LogP contribution >= 0.6 is 0 Å². The highest BCUT2D eigenvalue weighted by molar-refractivity contribution is 5.21. The summed E-state index contributed by atoms with van der Waals surface area (Å²) in [5.41, 5.74) is 0.604. The van der Waals surface area contributed by atoms with Crippen LogP contribution in [0.1, 0.15) is 11.5 Å². The molecule has 0 nitrogen and oxygen atoms in total. The second-order valence-corrected chi connectivity index (χ2v) is 2.41. The van der Waals surface area contributed by atoms with E-state index in [1.165, 1.54) is 12.1 Å². The number of hydrogen-bond donors (Lipinski definition) is 0. The normalized spacial score (nSPS) is 13.0. The molecule has 11 heavy (non-hydrogen) atoms. The van der Waals surface area contributed by atoms with Gasteiger partial charge in [-0.1, -0.05) is 12.1 Å². The van der Waals surface area contributed by atoms with Crippen LogP contribution in [-0.4, -0.2) is 6.67 Å². The molecule has 0 N–H and O–H groups in total. The number of benzene rings is 1. The molecule has 0 saturated carbocycles. The van der Waals surface area contributed by atoms with Crippen molar-refractivity contribution < 1.29 is 8.78 Å². The SMILES string of the molecule is [CH2]C(CF)c1cccc(F)c1. The van der Waals surface area contributed by atoms with Crippen LogP contribution in [0.3, 0.4) is 0 Å². The molecule has 0 amide bonds. The lowest BCUT2D eigenvalue weighted by atomic mass is 10.0. The molecular formula is C9H9F2. The van der Waals surface area contributed by atoms with E-state index in [-0.39, 0.29) is 5.82 Å². The van der Waals surface area contributed by atoms with Gasteiger partial charge in [0.25, 0.3) is 0 Å². The van der Waals surface area contributed by atoms with Gasteiger partial charge < -0.3 is 0 Å². The summed E-state index contributed by atoms with van der Waals surface area (Å²) in [6, 6.07) is 5.85. The Bertz CT molecular complexity index is 233. The van der Waals surface area contributed by atoms with E-state index in [1.54, 1.807) is 12.1 Å². The first kappa shape index (κ1) is 8.18. The zero-order valence-corrected chi connectivity index (χ0v) is 6.06. The van der Waals surface area contributed by atoms with Gasteiger partial charge in [-0.2, -0.15) is 0 Å². The monoisotopic (exact) mass is 155 g/mol. The minimum absolute atomic E-state index is 0.343. The lowest BCUT2D eigenvalue weighted by Gasteiger charge is -2.05. The molecule has 0 spiro atoms. The second kappa shape index (κ2) is 3.46. The first-order chi connectivity index (χ1) is 5.24. The Kier molecular flexibility index (Phi) is 2.58. The average molecular weight is 155 g/mol. The second-order valence-electron chi connectivity index (χ2n) is 2.41. The minimum Gasteiger partial charge on any atom is -0.250 e. The zero-order chi connectivity index (χ0) is 8.27. The summed E-state index contributed by atoms with van der Waals surface area (Å²) in [4.78, 5) is 0. The molecule has 1 aromatic carbocycles. The number of alkyl halides is 1. The molecule has 0 saturated heterocycles. The van der Waals surface area contributed by atoms with Gasteiger partial charge in [-0.25, -0.2) is 4.39 Å². The van der Waals surface area contributed by atoms with E-state index in [0.717, 1.165) is 0 Å². The van der Waals surface area contributed by atoms with Gasteiger partial charge in [-0.3, -0.25) is 4.39 Å². The Morgan fingerprint density at radius 1 is 1.45 bits per heavy atom. The number of rotatable bonds is 2. The number of hydrogen-bond acceptors (Lipinski definition) is 0. The summed E-state index contributed by atoms with van der Waals surface area (Å²) in [5, 5.41) is 0. The largest absolute Gasteiger partial charge is 0.250 e. The topological polar surface area (TPSA) is 0 Å². The Labute approximate surface area is 64.9 Å². The molecule has 2 heteroatoms. The summed E-state index contributed by atoms with van der Waals surface area (Å²) in [7, 11) is 0. The van der Waals surface area contributed by atoms with Crippen molar-refractivity contribution in [1.29, 1.82) is 0 Å². The summed E-state index contributed by atoms with van der Waals surface area (Å²) in [6.45, 7) is 2.97.